The van der Waals surface area contributed by atoms with Crippen molar-refractivity contribution in [3.05, 3.63) is 41.7 Å². The highest BCUT2D eigenvalue weighted by atomic mass is 16.2. The standard InChI is InChI=1S/C18H23N3O2/c1-14-5-10-20(11-6-14)17(22)15-7-12-21(13-8-15)18(23)16-4-2-3-9-19-16/h2-5,9,15H,6-8,10-13H2,1H3. The molecule has 1 fully saturated rings. The molecule has 5 nitrogen and oxygen atoms in total. The first kappa shape index (κ1) is 15.7. The van der Waals surface area contributed by atoms with Crippen molar-refractivity contribution in [3.63, 3.8) is 0 Å². The van der Waals surface area contributed by atoms with E-state index in [0.29, 0.717) is 18.8 Å². The molecule has 1 aromatic heterocycles. The summed E-state index contributed by atoms with van der Waals surface area (Å²) in [5.74, 6) is 0.265. The van der Waals surface area contributed by atoms with Crippen LogP contribution < -0.4 is 0 Å². The SMILES string of the molecule is CC1=CCN(C(=O)C2CCN(C(=O)c3ccccn3)CC2)CC1. The second-order valence-corrected chi connectivity index (χ2v) is 6.37. The van der Waals surface area contributed by atoms with E-state index in [1.807, 2.05) is 15.9 Å². The zero-order valence-electron chi connectivity index (χ0n) is 13.6. The molecule has 0 spiro atoms. The van der Waals surface area contributed by atoms with Crippen LogP contribution in [0, 0.1) is 5.92 Å². The number of carbonyl (C=O) groups excluding carboxylic acids is 2. The number of hydrogen-bond donors (Lipinski definition) is 0. The quantitative estimate of drug-likeness (QED) is 0.786. The molecule has 0 saturated carbocycles. The van der Waals surface area contributed by atoms with Crippen LogP contribution in [0.4, 0.5) is 0 Å². The number of rotatable bonds is 2. The molecule has 3 rings (SSSR count). The number of aromatic nitrogens is 1. The molecular formula is C18H23N3O2. The normalized spacial score (nSPS) is 19.4. The van der Waals surface area contributed by atoms with Gasteiger partial charge >= 0.3 is 0 Å². The number of nitrogens with zero attached hydrogens (tertiary/aromatic N) is 3. The van der Waals surface area contributed by atoms with Gasteiger partial charge in [0.25, 0.3) is 5.91 Å². The third-order valence-corrected chi connectivity index (χ3v) is 4.76. The van der Waals surface area contributed by atoms with Gasteiger partial charge < -0.3 is 9.80 Å². The summed E-state index contributed by atoms with van der Waals surface area (Å²) in [7, 11) is 0. The molecule has 0 atom stereocenters. The molecule has 1 aromatic rings. The van der Waals surface area contributed by atoms with Crippen LogP contribution in [0.1, 0.15) is 36.7 Å². The van der Waals surface area contributed by atoms with Crippen LogP contribution in [0.5, 0.6) is 0 Å². The van der Waals surface area contributed by atoms with Gasteiger partial charge in [0, 0.05) is 38.3 Å². The maximum Gasteiger partial charge on any atom is 0.272 e. The lowest BCUT2D eigenvalue weighted by Gasteiger charge is -2.35. The maximum atomic E-state index is 12.6. The van der Waals surface area contributed by atoms with Crippen LogP contribution in [0.25, 0.3) is 0 Å². The van der Waals surface area contributed by atoms with Crippen LogP contribution in [-0.4, -0.2) is 52.8 Å². The Morgan fingerprint density at radius 2 is 1.91 bits per heavy atom. The number of pyridine rings is 1. The van der Waals surface area contributed by atoms with Crippen molar-refractivity contribution in [2.24, 2.45) is 5.92 Å². The van der Waals surface area contributed by atoms with Crippen molar-refractivity contribution in [1.29, 1.82) is 0 Å². The van der Waals surface area contributed by atoms with Gasteiger partial charge in [0.2, 0.25) is 5.91 Å². The van der Waals surface area contributed by atoms with Gasteiger partial charge in [0.15, 0.2) is 0 Å². The summed E-state index contributed by atoms with van der Waals surface area (Å²) in [5.41, 5.74) is 1.85. The fourth-order valence-electron chi connectivity index (χ4n) is 3.21. The monoisotopic (exact) mass is 313 g/mol. The molecule has 1 saturated heterocycles. The predicted octanol–water partition coefficient (Wildman–Crippen LogP) is 2.11. The molecule has 5 heteroatoms. The predicted molar refractivity (Wildman–Crippen MR) is 87.8 cm³/mol. The van der Waals surface area contributed by atoms with Crippen LogP contribution >= 0.6 is 0 Å². The molecule has 122 valence electrons. The number of piperidine rings is 1. The highest BCUT2D eigenvalue weighted by molar-refractivity contribution is 5.92. The highest BCUT2D eigenvalue weighted by Gasteiger charge is 2.31. The molecular weight excluding hydrogens is 290 g/mol. The molecule has 0 N–H and O–H groups in total. The van der Waals surface area contributed by atoms with E-state index in [1.165, 1.54) is 5.57 Å². The van der Waals surface area contributed by atoms with E-state index < -0.39 is 0 Å². The van der Waals surface area contributed by atoms with Crippen molar-refractivity contribution in [2.45, 2.75) is 26.2 Å². The number of likely N-dealkylation sites (tertiary alicyclic amines) is 1. The van der Waals surface area contributed by atoms with E-state index in [2.05, 4.69) is 18.0 Å². The summed E-state index contributed by atoms with van der Waals surface area (Å²) in [5, 5.41) is 0. The zero-order valence-corrected chi connectivity index (χ0v) is 13.6. The summed E-state index contributed by atoms with van der Waals surface area (Å²) in [4.78, 5) is 32.8. The van der Waals surface area contributed by atoms with Gasteiger partial charge in [-0.1, -0.05) is 17.7 Å². The van der Waals surface area contributed by atoms with Crippen molar-refractivity contribution in [2.75, 3.05) is 26.2 Å². The number of hydrogen-bond acceptors (Lipinski definition) is 3. The number of carbonyl (C=O) groups is 2. The molecule has 0 unspecified atom stereocenters. The second-order valence-electron chi connectivity index (χ2n) is 6.37. The van der Waals surface area contributed by atoms with Crippen molar-refractivity contribution in [3.8, 4) is 0 Å². The highest BCUT2D eigenvalue weighted by Crippen LogP contribution is 2.22. The Labute approximate surface area is 137 Å². The van der Waals surface area contributed by atoms with Crippen molar-refractivity contribution in [1.82, 2.24) is 14.8 Å². The first-order valence-corrected chi connectivity index (χ1v) is 8.30. The minimum atomic E-state index is -0.0342. The van der Waals surface area contributed by atoms with Gasteiger partial charge in [0.05, 0.1) is 0 Å². The molecule has 0 bridgehead atoms. The lowest BCUT2D eigenvalue weighted by atomic mass is 9.94. The summed E-state index contributed by atoms with van der Waals surface area (Å²) in [6, 6.07) is 5.36. The van der Waals surface area contributed by atoms with Gasteiger partial charge in [-0.2, -0.15) is 0 Å². The van der Waals surface area contributed by atoms with E-state index >= 15 is 0 Å². The molecule has 2 amide bonds. The van der Waals surface area contributed by atoms with E-state index in [0.717, 1.165) is 32.4 Å². The first-order chi connectivity index (χ1) is 11.1. The van der Waals surface area contributed by atoms with Crippen LogP contribution in [0.2, 0.25) is 0 Å². The molecule has 23 heavy (non-hydrogen) atoms. The molecule has 0 aromatic carbocycles. The zero-order chi connectivity index (χ0) is 16.2. The number of amides is 2. The molecule has 2 aliphatic rings. The van der Waals surface area contributed by atoms with E-state index in [9.17, 15) is 9.59 Å². The van der Waals surface area contributed by atoms with Crippen LogP contribution in [0.3, 0.4) is 0 Å². The summed E-state index contributed by atoms with van der Waals surface area (Å²) in [6.07, 6.45) is 6.24. The maximum absolute atomic E-state index is 12.6. The lowest BCUT2D eigenvalue weighted by Crippen LogP contribution is -2.45. The van der Waals surface area contributed by atoms with E-state index in [1.54, 1.807) is 18.3 Å². The molecule has 2 aliphatic heterocycles. The smallest absolute Gasteiger partial charge is 0.272 e. The Kier molecular flexibility index (Phi) is 4.74. The minimum Gasteiger partial charge on any atom is -0.338 e. The largest absolute Gasteiger partial charge is 0.338 e. The third kappa shape index (κ3) is 3.60. The minimum absolute atomic E-state index is 0.0342. The fraction of sp³-hybridized carbons (Fsp3) is 0.500. The van der Waals surface area contributed by atoms with E-state index in [4.69, 9.17) is 0 Å². The lowest BCUT2D eigenvalue weighted by molar-refractivity contribution is -0.136. The van der Waals surface area contributed by atoms with Crippen molar-refractivity contribution >= 4 is 11.8 Å². The van der Waals surface area contributed by atoms with Gasteiger partial charge in [-0.05, 0) is 38.3 Å². The summed E-state index contributed by atoms with van der Waals surface area (Å²) < 4.78 is 0. The van der Waals surface area contributed by atoms with Gasteiger partial charge in [-0.15, -0.1) is 0 Å². The van der Waals surface area contributed by atoms with Gasteiger partial charge in [0.1, 0.15) is 5.69 Å². The first-order valence-electron chi connectivity index (χ1n) is 8.30. The van der Waals surface area contributed by atoms with Crippen molar-refractivity contribution < 1.29 is 9.59 Å². The fourth-order valence-corrected chi connectivity index (χ4v) is 3.21. The average Bonchev–Trinajstić information content (AvgIpc) is 2.62. The van der Waals surface area contributed by atoms with Crippen LogP contribution in [-0.2, 0) is 4.79 Å². The van der Waals surface area contributed by atoms with Gasteiger partial charge in [-0.25, -0.2) is 0 Å². The summed E-state index contributed by atoms with van der Waals surface area (Å²) in [6.45, 7) is 4.94. The molecule has 0 radical (unpaired) electrons. The Balaban J connectivity index is 1.54. The second kappa shape index (κ2) is 6.94. The Morgan fingerprint density at radius 1 is 1.13 bits per heavy atom. The van der Waals surface area contributed by atoms with Crippen LogP contribution in [0.15, 0.2) is 36.0 Å². The average molecular weight is 313 g/mol. The summed E-state index contributed by atoms with van der Waals surface area (Å²) >= 11 is 0. The van der Waals surface area contributed by atoms with Gasteiger partial charge in [-0.3, -0.25) is 14.6 Å². The Morgan fingerprint density at radius 3 is 2.52 bits per heavy atom. The molecule has 0 aliphatic carbocycles. The molecule has 3 heterocycles. The third-order valence-electron chi connectivity index (χ3n) is 4.76. The Bertz CT molecular complexity index is 604. The Hall–Kier alpha value is -2.17. The van der Waals surface area contributed by atoms with E-state index in [-0.39, 0.29) is 17.7 Å². The topological polar surface area (TPSA) is 53.5 Å².